The van der Waals surface area contributed by atoms with Crippen molar-refractivity contribution in [3.05, 3.63) is 63.9 Å². The van der Waals surface area contributed by atoms with Crippen LogP contribution in [0.5, 0.6) is 0 Å². The maximum absolute atomic E-state index is 14.1. The number of pyridine rings is 1. The number of carbonyl (C=O) groups excluding carboxylic acids is 2. The molecule has 2 fully saturated rings. The molecule has 194 valence electrons. The van der Waals surface area contributed by atoms with Crippen molar-refractivity contribution in [2.75, 3.05) is 5.75 Å². The molecule has 2 aliphatic heterocycles. The van der Waals surface area contributed by atoms with Crippen LogP contribution >= 0.6 is 23.2 Å². The summed E-state index contributed by atoms with van der Waals surface area (Å²) in [7, 11) is -3.58. The van der Waals surface area contributed by atoms with E-state index in [1.807, 2.05) is 19.1 Å². The summed E-state index contributed by atoms with van der Waals surface area (Å²) in [5.74, 6) is -1.39. The molecule has 2 aliphatic rings. The maximum atomic E-state index is 14.1. The molecule has 4 rings (SSSR count). The SMILES string of the molecule is CCC(CS(=O)(=O)C(C)(C)C)N1C(=O)C2(CC(=O)O2)CC(c2cncc(Cl)c2)C1c1ccc(Cl)cc1. The summed E-state index contributed by atoms with van der Waals surface area (Å²) in [5.41, 5.74) is 0.229. The van der Waals surface area contributed by atoms with Crippen LogP contribution in [0.25, 0.3) is 0 Å². The number of rotatable bonds is 6. The van der Waals surface area contributed by atoms with Gasteiger partial charge in [0.25, 0.3) is 5.91 Å². The van der Waals surface area contributed by atoms with E-state index in [1.54, 1.807) is 50.1 Å². The average molecular weight is 554 g/mol. The monoisotopic (exact) mass is 552 g/mol. The van der Waals surface area contributed by atoms with Gasteiger partial charge >= 0.3 is 5.97 Å². The molecule has 0 radical (unpaired) electrons. The Morgan fingerprint density at radius 2 is 1.75 bits per heavy atom. The first kappa shape index (κ1) is 26.9. The van der Waals surface area contributed by atoms with Crippen molar-refractivity contribution in [2.45, 2.75) is 75.3 Å². The van der Waals surface area contributed by atoms with Crippen molar-refractivity contribution in [1.29, 1.82) is 0 Å². The normalized spacial score (nSPS) is 25.4. The molecule has 0 saturated carbocycles. The molecular weight excluding hydrogens is 523 g/mol. The van der Waals surface area contributed by atoms with Gasteiger partial charge in [0.2, 0.25) is 5.60 Å². The van der Waals surface area contributed by atoms with Crippen molar-refractivity contribution < 1.29 is 22.7 Å². The van der Waals surface area contributed by atoms with E-state index >= 15 is 0 Å². The summed E-state index contributed by atoms with van der Waals surface area (Å²) < 4.78 is 31.1. The maximum Gasteiger partial charge on any atom is 0.311 e. The number of likely N-dealkylation sites (tertiary alicyclic amines) is 1. The lowest BCUT2D eigenvalue weighted by atomic mass is 9.70. The number of esters is 1. The summed E-state index contributed by atoms with van der Waals surface area (Å²) in [5, 5.41) is 0.980. The van der Waals surface area contributed by atoms with Gasteiger partial charge in [-0.05, 0) is 56.5 Å². The van der Waals surface area contributed by atoms with Crippen molar-refractivity contribution in [3.8, 4) is 0 Å². The van der Waals surface area contributed by atoms with Gasteiger partial charge < -0.3 is 9.64 Å². The molecule has 1 aromatic carbocycles. The van der Waals surface area contributed by atoms with Crippen molar-refractivity contribution in [1.82, 2.24) is 9.88 Å². The zero-order valence-corrected chi connectivity index (χ0v) is 23.0. The van der Waals surface area contributed by atoms with Crippen LogP contribution in [0.15, 0.2) is 42.7 Å². The Bertz CT molecular complexity index is 1270. The van der Waals surface area contributed by atoms with E-state index in [2.05, 4.69) is 4.98 Å². The van der Waals surface area contributed by atoms with E-state index in [0.717, 1.165) is 11.1 Å². The molecule has 2 aromatic rings. The van der Waals surface area contributed by atoms with Crippen LogP contribution in [0.1, 0.15) is 70.0 Å². The first-order valence-electron chi connectivity index (χ1n) is 11.9. The molecule has 1 amide bonds. The number of halogens is 2. The second kappa shape index (κ2) is 9.62. The molecule has 1 spiro atoms. The number of ether oxygens (including phenoxy) is 1. The number of amides is 1. The Morgan fingerprint density at radius 1 is 1.11 bits per heavy atom. The first-order chi connectivity index (χ1) is 16.8. The number of hydrogen-bond donors (Lipinski definition) is 0. The summed E-state index contributed by atoms with van der Waals surface area (Å²) in [6.45, 7) is 6.82. The molecule has 0 N–H and O–H groups in total. The van der Waals surface area contributed by atoms with Crippen molar-refractivity contribution >= 4 is 44.9 Å². The van der Waals surface area contributed by atoms with Gasteiger partial charge in [0.15, 0.2) is 9.84 Å². The quantitative estimate of drug-likeness (QED) is 0.461. The Balaban J connectivity index is 1.90. The molecule has 4 unspecified atom stereocenters. The number of carbonyl (C=O) groups is 2. The number of sulfone groups is 1. The third kappa shape index (κ3) is 4.87. The molecule has 2 saturated heterocycles. The van der Waals surface area contributed by atoms with Crippen LogP contribution < -0.4 is 0 Å². The number of nitrogens with zero attached hydrogens (tertiary/aromatic N) is 2. The summed E-state index contributed by atoms with van der Waals surface area (Å²) in [6, 6.07) is 7.77. The van der Waals surface area contributed by atoms with Gasteiger partial charge in [-0.25, -0.2) is 8.42 Å². The molecule has 3 heterocycles. The minimum atomic E-state index is -3.58. The zero-order chi connectivity index (χ0) is 26.5. The Morgan fingerprint density at radius 3 is 2.28 bits per heavy atom. The highest BCUT2D eigenvalue weighted by Crippen LogP contribution is 2.52. The Hall–Kier alpha value is -2.16. The second-order valence-corrected chi connectivity index (χ2v) is 14.2. The zero-order valence-electron chi connectivity index (χ0n) is 20.7. The third-order valence-corrected chi connectivity index (χ3v) is 10.3. The van der Waals surface area contributed by atoms with Crippen LogP contribution in [0.4, 0.5) is 0 Å². The van der Waals surface area contributed by atoms with Gasteiger partial charge in [-0.1, -0.05) is 42.3 Å². The minimum Gasteiger partial charge on any atom is -0.448 e. The molecule has 7 nitrogen and oxygen atoms in total. The van der Waals surface area contributed by atoms with E-state index in [9.17, 15) is 18.0 Å². The number of piperidine rings is 1. The van der Waals surface area contributed by atoms with E-state index in [1.165, 1.54) is 6.20 Å². The molecule has 36 heavy (non-hydrogen) atoms. The smallest absolute Gasteiger partial charge is 0.311 e. The van der Waals surface area contributed by atoms with Crippen molar-refractivity contribution in [3.63, 3.8) is 0 Å². The molecule has 10 heteroatoms. The van der Waals surface area contributed by atoms with E-state index in [0.29, 0.717) is 16.5 Å². The minimum absolute atomic E-state index is 0.0530. The van der Waals surface area contributed by atoms with Crippen LogP contribution in [-0.2, 0) is 24.2 Å². The van der Waals surface area contributed by atoms with E-state index in [4.69, 9.17) is 27.9 Å². The van der Waals surface area contributed by atoms with Gasteiger partial charge in [0.05, 0.1) is 28.0 Å². The van der Waals surface area contributed by atoms with E-state index in [-0.39, 0.29) is 30.4 Å². The summed E-state index contributed by atoms with van der Waals surface area (Å²) >= 11 is 12.5. The van der Waals surface area contributed by atoms with E-state index < -0.39 is 38.2 Å². The molecule has 0 bridgehead atoms. The van der Waals surface area contributed by atoms with Gasteiger partial charge in [-0.3, -0.25) is 14.6 Å². The predicted molar refractivity (Wildman–Crippen MR) is 139 cm³/mol. The highest BCUT2D eigenvalue weighted by atomic mass is 35.5. The van der Waals surface area contributed by atoms with Crippen LogP contribution in [0.3, 0.4) is 0 Å². The number of benzene rings is 1. The van der Waals surface area contributed by atoms with Gasteiger partial charge in [-0.2, -0.15) is 0 Å². The lowest BCUT2D eigenvalue weighted by Crippen LogP contribution is -2.67. The van der Waals surface area contributed by atoms with Crippen molar-refractivity contribution in [2.24, 2.45) is 0 Å². The fraction of sp³-hybridized carbons (Fsp3) is 0.500. The molecular formula is C26H30Cl2N2O5S. The van der Waals surface area contributed by atoms with Gasteiger partial charge in [-0.15, -0.1) is 0 Å². The van der Waals surface area contributed by atoms with Crippen LogP contribution in [-0.4, -0.2) is 52.3 Å². The average Bonchev–Trinajstić information content (AvgIpc) is 2.78. The van der Waals surface area contributed by atoms with Gasteiger partial charge in [0.1, 0.15) is 0 Å². The lowest BCUT2D eigenvalue weighted by molar-refractivity contribution is -0.212. The first-order valence-corrected chi connectivity index (χ1v) is 14.3. The molecule has 0 aliphatic carbocycles. The summed E-state index contributed by atoms with van der Waals surface area (Å²) in [4.78, 5) is 31.9. The number of aromatic nitrogens is 1. The number of hydrogen-bond acceptors (Lipinski definition) is 6. The highest BCUT2D eigenvalue weighted by molar-refractivity contribution is 7.92. The van der Waals surface area contributed by atoms with Gasteiger partial charge in [0, 0.05) is 35.8 Å². The Labute approximate surface area is 222 Å². The molecule has 4 atom stereocenters. The van der Waals surface area contributed by atoms with Crippen LogP contribution in [0, 0.1) is 0 Å². The lowest BCUT2D eigenvalue weighted by Gasteiger charge is -2.54. The Kier molecular flexibility index (Phi) is 7.18. The predicted octanol–water partition coefficient (Wildman–Crippen LogP) is 5.12. The topological polar surface area (TPSA) is 93.6 Å². The van der Waals surface area contributed by atoms with Crippen LogP contribution in [0.2, 0.25) is 10.0 Å². The third-order valence-electron chi connectivity index (χ3n) is 7.17. The fourth-order valence-corrected chi connectivity index (χ4v) is 6.77. The standard InChI is InChI=1S/C26H30Cl2N2O5S/c1-5-20(15-36(33,34)25(2,3)4)30-23(16-6-8-18(27)9-7-16)21(17-10-19(28)14-29-13-17)11-26(24(30)32)12-22(31)35-26/h6-10,13-14,20-21,23H,5,11-12,15H2,1-4H3. The fourth-order valence-electron chi connectivity index (χ4n) is 5.06. The molecule has 1 aromatic heterocycles. The second-order valence-electron chi connectivity index (χ2n) is 10.6. The largest absolute Gasteiger partial charge is 0.448 e. The summed E-state index contributed by atoms with van der Waals surface area (Å²) in [6.07, 6.45) is 3.80. The highest BCUT2D eigenvalue weighted by Gasteiger charge is 2.62.